The number of aromatic nitrogens is 4. The molecule has 1 N–H and O–H groups in total. The van der Waals surface area contributed by atoms with Crippen molar-refractivity contribution >= 4 is 0 Å². The van der Waals surface area contributed by atoms with Crippen molar-refractivity contribution in [2.24, 2.45) is 0 Å². The molecule has 1 saturated heterocycles. The van der Waals surface area contributed by atoms with Gasteiger partial charge in [-0.3, -0.25) is 4.98 Å². The number of nitrogens with zero attached hydrogens (tertiary/aromatic N) is 4. The van der Waals surface area contributed by atoms with Crippen LogP contribution >= 0.6 is 0 Å². The van der Waals surface area contributed by atoms with E-state index < -0.39 is 5.60 Å². The first-order chi connectivity index (χ1) is 10.3. The summed E-state index contributed by atoms with van der Waals surface area (Å²) in [5, 5.41) is 15.6. The van der Waals surface area contributed by atoms with E-state index in [1.54, 1.807) is 12.4 Å². The van der Waals surface area contributed by atoms with Crippen molar-refractivity contribution in [3.8, 4) is 11.4 Å². The fourth-order valence-corrected chi connectivity index (χ4v) is 2.76. The molecule has 4 rings (SSSR count). The minimum atomic E-state index is -0.922. The van der Waals surface area contributed by atoms with Crippen molar-refractivity contribution in [3.05, 3.63) is 30.4 Å². The summed E-state index contributed by atoms with van der Waals surface area (Å²) in [7, 11) is 0. The van der Waals surface area contributed by atoms with Crippen molar-refractivity contribution in [1.29, 1.82) is 0 Å². The third-order valence-electron chi connectivity index (χ3n) is 4.18. The molecule has 21 heavy (non-hydrogen) atoms. The molecule has 0 aromatic carbocycles. The van der Waals surface area contributed by atoms with Gasteiger partial charge in [0.2, 0.25) is 0 Å². The summed E-state index contributed by atoms with van der Waals surface area (Å²) in [5.41, 5.74) is -0.0392. The van der Waals surface area contributed by atoms with Gasteiger partial charge in [-0.25, -0.2) is 9.67 Å². The zero-order chi connectivity index (χ0) is 14.3. The van der Waals surface area contributed by atoms with Gasteiger partial charge in [0.25, 0.3) is 0 Å². The molecule has 110 valence electrons. The van der Waals surface area contributed by atoms with Crippen LogP contribution in [-0.2, 0) is 10.3 Å². The average molecular weight is 286 g/mol. The van der Waals surface area contributed by atoms with Gasteiger partial charge >= 0.3 is 0 Å². The van der Waals surface area contributed by atoms with E-state index in [1.807, 2.05) is 16.8 Å². The highest BCUT2D eigenvalue weighted by atomic mass is 16.5. The predicted octanol–water partition coefficient (Wildman–Crippen LogP) is 1.67. The Morgan fingerprint density at radius 1 is 1.29 bits per heavy atom. The van der Waals surface area contributed by atoms with E-state index in [1.165, 1.54) is 0 Å². The summed E-state index contributed by atoms with van der Waals surface area (Å²) < 4.78 is 7.29. The quantitative estimate of drug-likeness (QED) is 0.929. The summed E-state index contributed by atoms with van der Waals surface area (Å²) in [6.07, 6.45) is 6.85. The molecule has 3 heterocycles. The molecule has 2 aromatic heterocycles. The van der Waals surface area contributed by atoms with Gasteiger partial charge in [0, 0.05) is 44.0 Å². The number of rotatable bonds is 3. The maximum absolute atomic E-state index is 10.9. The smallest absolute Gasteiger partial charge is 0.183 e. The monoisotopic (exact) mass is 286 g/mol. The molecule has 1 aliphatic carbocycles. The number of ether oxygens (including phenoxy) is 1. The molecule has 2 aliphatic rings. The first-order valence-corrected chi connectivity index (χ1v) is 7.44. The Balaban J connectivity index is 1.77. The van der Waals surface area contributed by atoms with E-state index in [-0.39, 0.29) is 0 Å². The largest absolute Gasteiger partial charge is 0.382 e. The molecule has 6 nitrogen and oxygen atoms in total. The lowest BCUT2D eigenvalue weighted by Crippen LogP contribution is -2.36. The highest BCUT2D eigenvalue weighted by molar-refractivity contribution is 5.52. The van der Waals surface area contributed by atoms with Crippen LogP contribution in [0, 0.1) is 0 Å². The van der Waals surface area contributed by atoms with Crippen LogP contribution in [0.2, 0.25) is 0 Å². The molecule has 0 bridgehead atoms. The molecule has 0 amide bonds. The second-order valence-electron chi connectivity index (χ2n) is 5.82. The van der Waals surface area contributed by atoms with Gasteiger partial charge in [0.1, 0.15) is 5.60 Å². The minimum Gasteiger partial charge on any atom is -0.382 e. The van der Waals surface area contributed by atoms with Gasteiger partial charge in [0.15, 0.2) is 11.6 Å². The molecule has 0 unspecified atom stereocenters. The first kappa shape index (κ1) is 12.9. The Bertz CT molecular complexity index is 630. The van der Waals surface area contributed by atoms with E-state index >= 15 is 0 Å². The van der Waals surface area contributed by atoms with Gasteiger partial charge in [-0.05, 0) is 25.0 Å². The molecule has 2 fully saturated rings. The van der Waals surface area contributed by atoms with Crippen molar-refractivity contribution < 1.29 is 9.84 Å². The summed E-state index contributed by atoms with van der Waals surface area (Å²) in [5.74, 6) is 1.33. The summed E-state index contributed by atoms with van der Waals surface area (Å²) in [6.45, 7) is 1.13. The molecular formula is C15H18N4O2. The van der Waals surface area contributed by atoms with E-state index in [4.69, 9.17) is 4.74 Å². The van der Waals surface area contributed by atoms with Gasteiger partial charge < -0.3 is 9.84 Å². The molecule has 2 aromatic rings. The van der Waals surface area contributed by atoms with Crippen LogP contribution in [0.5, 0.6) is 0 Å². The standard InChI is InChI=1S/C15H18N4O2/c20-15(5-8-21-9-6-15)14-17-13(11-2-1-7-16-10-11)18-19(14)12-3-4-12/h1-2,7,10,12,20H,3-6,8-9H2. The zero-order valence-corrected chi connectivity index (χ0v) is 11.8. The number of hydrogen-bond acceptors (Lipinski definition) is 5. The lowest BCUT2D eigenvalue weighted by atomic mass is 9.93. The molecule has 6 heteroatoms. The lowest BCUT2D eigenvalue weighted by molar-refractivity contribution is -0.0757. The fourth-order valence-electron chi connectivity index (χ4n) is 2.76. The van der Waals surface area contributed by atoms with Crippen molar-refractivity contribution in [2.45, 2.75) is 37.3 Å². The Kier molecular flexibility index (Phi) is 3.01. The number of aliphatic hydroxyl groups is 1. The van der Waals surface area contributed by atoms with E-state index in [0.29, 0.717) is 43.7 Å². The lowest BCUT2D eigenvalue weighted by Gasteiger charge is -2.31. The maximum Gasteiger partial charge on any atom is 0.183 e. The molecule has 0 atom stereocenters. The number of pyridine rings is 1. The topological polar surface area (TPSA) is 73.1 Å². The van der Waals surface area contributed by atoms with Gasteiger partial charge in [-0.1, -0.05) is 0 Å². The molecule has 0 radical (unpaired) electrons. The van der Waals surface area contributed by atoms with Crippen LogP contribution in [-0.4, -0.2) is 38.1 Å². The highest BCUT2D eigenvalue weighted by Gasteiger charge is 2.40. The van der Waals surface area contributed by atoms with Gasteiger partial charge in [0.05, 0.1) is 6.04 Å². The van der Waals surface area contributed by atoms with Crippen LogP contribution in [0.1, 0.15) is 37.5 Å². The molecular weight excluding hydrogens is 268 g/mol. The Morgan fingerprint density at radius 2 is 2.10 bits per heavy atom. The third-order valence-corrected chi connectivity index (χ3v) is 4.18. The average Bonchev–Trinajstić information content (AvgIpc) is 3.27. The van der Waals surface area contributed by atoms with Crippen LogP contribution in [0.25, 0.3) is 11.4 Å². The minimum absolute atomic E-state index is 0.379. The fraction of sp³-hybridized carbons (Fsp3) is 0.533. The summed E-state index contributed by atoms with van der Waals surface area (Å²) in [6, 6.07) is 4.19. The third kappa shape index (κ3) is 2.34. The molecule has 1 aliphatic heterocycles. The summed E-state index contributed by atoms with van der Waals surface area (Å²) in [4.78, 5) is 8.76. The Morgan fingerprint density at radius 3 is 2.76 bits per heavy atom. The van der Waals surface area contributed by atoms with Crippen molar-refractivity contribution in [3.63, 3.8) is 0 Å². The molecule has 1 saturated carbocycles. The Hall–Kier alpha value is -1.79. The second-order valence-corrected chi connectivity index (χ2v) is 5.82. The predicted molar refractivity (Wildman–Crippen MR) is 75.5 cm³/mol. The van der Waals surface area contributed by atoms with Crippen LogP contribution in [0.3, 0.4) is 0 Å². The highest BCUT2D eigenvalue weighted by Crippen LogP contribution is 2.40. The maximum atomic E-state index is 10.9. The second kappa shape index (κ2) is 4.89. The van der Waals surface area contributed by atoms with Crippen LogP contribution in [0.15, 0.2) is 24.5 Å². The SMILES string of the molecule is OC1(c2nc(-c3cccnc3)nn2C2CC2)CCOCC1. The summed E-state index contributed by atoms with van der Waals surface area (Å²) >= 11 is 0. The zero-order valence-electron chi connectivity index (χ0n) is 11.8. The van der Waals surface area contributed by atoms with E-state index in [0.717, 1.165) is 18.4 Å². The van der Waals surface area contributed by atoms with E-state index in [2.05, 4.69) is 15.1 Å². The van der Waals surface area contributed by atoms with E-state index in [9.17, 15) is 5.11 Å². The van der Waals surface area contributed by atoms with Crippen molar-refractivity contribution in [2.75, 3.05) is 13.2 Å². The van der Waals surface area contributed by atoms with Gasteiger partial charge in [-0.15, -0.1) is 0 Å². The van der Waals surface area contributed by atoms with Crippen LogP contribution in [0.4, 0.5) is 0 Å². The Labute approximate surface area is 122 Å². The first-order valence-electron chi connectivity index (χ1n) is 7.44. The normalized spacial score (nSPS) is 21.4. The number of hydrogen-bond donors (Lipinski definition) is 1. The van der Waals surface area contributed by atoms with Gasteiger partial charge in [-0.2, -0.15) is 5.10 Å². The van der Waals surface area contributed by atoms with Crippen LogP contribution < -0.4 is 0 Å². The van der Waals surface area contributed by atoms with Crippen molar-refractivity contribution in [1.82, 2.24) is 19.7 Å². The molecule has 0 spiro atoms.